The Morgan fingerprint density at radius 2 is 1.52 bits per heavy atom. The van der Waals surface area contributed by atoms with E-state index in [-0.39, 0.29) is 5.56 Å². The zero-order chi connectivity index (χ0) is 22.6. The summed E-state index contributed by atoms with van der Waals surface area (Å²) in [6.45, 7) is 8.97. The van der Waals surface area contributed by atoms with Gasteiger partial charge in [0.1, 0.15) is 6.04 Å². The van der Waals surface area contributed by atoms with Crippen LogP contribution in [0.3, 0.4) is 0 Å². The smallest absolute Gasteiger partial charge is 0.407 e. The molecule has 0 aliphatic carbocycles. The number of hydrogen-bond acceptors (Lipinski definition) is 2. The van der Waals surface area contributed by atoms with Crippen molar-refractivity contribution in [2.24, 2.45) is 5.41 Å². The quantitative estimate of drug-likeness (QED) is 0.309. The van der Waals surface area contributed by atoms with Crippen LogP contribution < -0.4 is 5.32 Å². The van der Waals surface area contributed by atoms with Crippen molar-refractivity contribution in [1.29, 1.82) is 0 Å². The van der Waals surface area contributed by atoms with Gasteiger partial charge >= 0.3 is 12.4 Å². The number of hydrogen-bond donors (Lipinski definition) is 1. The van der Waals surface area contributed by atoms with Crippen LogP contribution in [0.25, 0.3) is 0 Å². The van der Waals surface area contributed by atoms with Crippen molar-refractivity contribution < 1.29 is 30.8 Å². The average molecular weight is 508 g/mol. The zero-order valence-electron chi connectivity index (χ0n) is 17.1. The SMILES string of the molecule is C[SiH](C)OC(C(CCC(F)(F)F)NC(c1ccc(Br)cc1)C(F)(F)F)C(C)(C)C. The van der Waals surface area contributed by atoms with Gasteiger partial charge in [-0.05, 0) is 42.6 Å². The molecule has 0 saturated carbocycles. The lowest BCUT2D eigenvalue weighted by atomic mass is 9.82. The van der Waals surface area contributed by atoms with Gasteiger partial charge in [-0.25, -0.2) is 0 Å². The summed E-state index contributed by atoms with van der Waals surface area (Å²) in [7, 11) is -1.73. The minimum atomic E-state index is -4.68. The summed E-state index contributed by atoms with van der Waals surface area (Å²) < 4.78 is 86.7. The van der Waals surface area contributed by atoms with Crippen molar-refractivity contribution in [3.8, 4) is 0 Å². The molecular weight excluding hydrogens is 480 g/mol. The Morgan fingerprint density at radius 3 is 1.90 bits per heavy atom. The van der Waals surface area contributed by atoms with Crippen LogP contribution in [0.15, 0.2) is 28.7 Å². The molecule has 0 aromatic heterocycles. The van der Waals surface area contributed by atoms with Crippen molar-refractivity contribution in [2.75, 3.05) is 0 Å². The number of nitrogens with one attached hydrogen (secondary N) is 1. The highest BCUT2D eigenvalue weighted by molar-refractivity contribution is 9.10. The van der Waals surface area contributed by atoms with Crippen LogP contribution in [0.4, 0.5) is 26.3 Å². The highest BCUT2D eigenvalue weighted by Crippen LogP contribution is 2.37. The van der Waals surface area contributed by atoms with E-state index in [1.165, 1.54) is 24.3 Å². The van der Waals surface area contributed by atoms with Gasteiger partial charge in [-0.2, -0.15) is 26.3 Å². The van der Waals surface area contributed by atoms with E-state index in [0.717, 1.165) is 0 Å². The minimum Gasteiger partial charge on any atom is -0.416 e. The van der Waals surface area contributed by atoms with Crippen LogP contribution >= 0.6 is 15.9 Å². The summed E-state index contributed by atoms with van der Waals surface area (Å²) in [4.78, 5) is 0. The number of rotatable bonds is 8. The normalized spacial score (nSPS) is 16.7. The molecule has 1 N–H and O–H groups in total. The van der Waals surface area contributed by atoms with E-state index in [1.807, 2.05) is 13.1 Å². The van der Waals surface area contributed by atoms with Gasteiger partial charge < -0.3 is 4.43 Å². The Balaban J connectivity index is 3.31. The molecule has 0 bridgehead atoms. The standard InChI is InChI=1S/C19H28BrF6NOSi/c1-17(2,3)16(28-29(4)5)14(10-11-18(21,22)23)27-15(19(24,25)26)12-6-8-13(20)9-7-12/h6-9,14-16,27,29H,10-11H2,1-5H3. The maximum absolute atomic E-state index is 13.8. The third kappa shape index (κ3) is 9.40. The Bertz CT molecular complexity index is 628. The summed E-state index contributed by atoms with van der Waals surface area (Å²) in [6.07, 6.45) is -11.6. The Kier molecular flexibility index (Phi) is 9.26. The van der Waals surface area contributed by atoms with Crippen molar-refractivity contribution >= 4 is 25.0 Å². The number of alkyl halides is 6. The summed E-state index contributed by atoms with van der Waals surface area (Å²) in [5.41, 5.74) is -0.705. The lowest BCUT2D eigenvalue weighted by Crippen LogP contribution is -2.53. The monoisotopic (exact) mass is 507 g/mol. The molecule has 0 aliphatic heterocycles. The molecule has 0 spiro atoms. The fraction of sp³-hybridized carbons (Fsp3) is 0.684. The molecule has 0 heterocycles. The Labute approximate surface area is 178 Å². The van der Waals surface area contributed by atoms with E-state index in [9.17, 15) is 26.3 Å². The first-order valence-electron chi connectivity index (χ1n) is 9.31. The molecule has 1 aromatic carbocycles. The van der Waals surface area contributed by atoms with Crippen LogP contribution in [0.5, 0.6) is 0 Å². The predicted octanol–water partition coefficient (Wildman–Crippen LogP) is 6.77. The average Bonchev–Trinajstić information content (AvgIpc) is 2.51. The van der Waals surface area contributed by atoms with E-state index < -0.39 is 57.8 Å². The van der Waals surface area contributed by atoms with Gasteiger partial charge in [0.2, 0.25) is 0 Å². The number of benzene rings is 1. The molecule has 168 valence electrons. The fourth-order valence-corrected chi connectivity index (χ4v) is 4.53. The molecular formula is C19H28BrF6NOSi. The number of halogens is 7. The van der Waals surface area contributed by atoms with Crippen LogP contribution in [0.2, 0.25) is 13.1 Å². The largest absolute Gasteiger partial charge is 0.416 e. The first-order chi connectivity index (χ1) is 13.0. The lowest BCUT2D eigenvalue weighted by molar-refractivity contribution is -0.165. The lowest BCUT2D eigenvalue weighted by Gasteiger charge is -2.41. The van der Waals surface area contributed by atoms with E-state index in [4.69, 9.17) is 4.43 Å². The van der Waals surface area contributed by atoms with Gasteiger partial charge in [0.05, 0.1) is 6.10 Å². The molecule has 1 aromatic rings. The van der Waals surface area contributed by atoms with Crippen LogP contribution in [0, 0.1) is 5.41 Å². The van der Waals surface area contributed by atoms with Crippen LogP contribution in [0.1, 0.15) is 45.2 Å². The Hall–Kier alpha value is -0.583. The van der Waals surface area contributed by atoms with Gasteiger partial charge in [-0.3, -0.25) is 5.32 Å². The van der Waals surface area contributed by atoms with Gasteiger partial charge in [-0.15, -0.1) is 0 Å². The fourth-order valence-electron chi connectivity index (χ4n) is 3.09. The zero-order valence-corrected chi connectivity index (χ0v) is 19.8. The minimum absolute atomic E-state index is 0.0628. The van der Waals surface area contributed by atoms with E-state index >= 15 is 0 Å². The molecule has 0 saturated heterocycles. The Morgan fingerprint density at radius 1 is 1.00 bits per heavy atom. The maximum Gasteiger partial charge on any atom is 0.407 e. The summed E-state index contributed by atoms with van der Waals surface area (Å²) in [5, 5.41) is 2.47. The highest BCUT2D eigenvalue weighted by atomic mass is 79.9. The highest BCUT2D eigenvalue weighted by Gasteiger charge is 2.45. The molecule has 0 fully saturated rings. The molecule has 0 aliphatic rings. The molecule has 10 heteroatoms. The summed E-state index contributed by atoms with van der Waals surface area (Å²) >= 11 is 3.18. The third-order valence-corrected chi connectivity index (χ3v) is 5.65. The van der Waals surface area contributed by atoms with E-state index in [2.05, 4.69) is 21.2 Å². The molecule has 0 radical (unpaired) electrons. The third-order valence-electron chi connectivity index (χ3n) is 4.29. The van der Waals surface area contributed by atoms with Crippen molar-refractivity contribution in [3.63, 3.8) is 0 Å². The van der Waals surface area contributed by atoms with E-state index in [1.54, 1.807) is 20.8 Å². The second kappa shape index (κ2) is 10.1. The van der Waals surface area contributed by atoms with Gasteiger partial charge in [0.25, 0.3) is 0 Å². The predicted molar refractivity (Wildman–Crippen MR) is 108 cm³/mol. The molecule has 3 atom stereocenters. The van der Waals surface area contributed by atoms with E-state index in [0.29, 0.717) is 4.47 Å². The topological polar surface area (TPSA) is 21.3 Å². The maximum atomic E-state index is 13.8. The molecule has 0 amide bonds. The van der Waals surface area contributed by atoms with Gasteiger partial charge in [0.15, 0.2) is 9.04 Å². The molecule has 2 nitrogen and oxygen atoms in total. The van der Waals surface area contributed by atoms with Gasteiger partial charge in [-0.1, -0.05) is 48.8 Å². The second-order valence-corrected chi connectivity index (χ2v) is 11.7. The van der Waals surface area contributed by atoms with Crippen LogP contribution in [-0.2, 0) is 4.43 Å². The molecule has 1 rings (SSSR count). The van der Waals surface area contributed by atoms with Gasteiger partial charge in [0, 0.05) is 16.9 Å². The van der Waals surface area contributed by atoms with Crippen molar-refractivity contribution in [3.05, 3.63) is 34.3 Å². The summed E-state index contributed by atoms with van der Waals surface area (Å²) in [5.74, 6) is 0. The molecule has 29 heavy (non-hydrogen) atoms. The first kappa shape index (κ1) is 26.5. The molecule has 3 unspecified atom stereocenters. The first-order valence-corrected chi connectivity index (χ1v) is 12.9. The summed E-state index contributed by atoms with van der Waals surface area (Å²) in [6, 6.07) is 2.33. The van der Waals surface area contributed by atoms with Crippen molar-refractivity contribution in [1.82, 2.24) is 5.32 Å². The van der Waals surface area contributed by atoms with Crippen LogP contribution in [-0.4, -0.2) is 33.5 Å². The second-order valence-electron chi connectivity index (χ2n) is 8.42. The van der Waals surface area contributed by atoms with Crippen molar-refractivity contribution in [2.45, 2.75) is 77.2 Å².